The number of hydrogen-bond donors (Lipinski definition) is 1. The molecule has 0 aliphatic carbocycles. The van der Waals surface area contributed by atoms with Crippen LogP contribution in [0.1, 0.15) is 36.2 Å². The van der Waals surface area contributed by atoms with Crippen molar-refractivity contribution in [3.8, 4) is 0 Å². The Hall–Kier alpha value is -2.46. The van der Waals surface area contributed by atoms with Gasteiger partial charge in [-0.15, -0.1) is 0 Å². The maximum atomic E-state index is 13.0. The van der Waals surface area contributed by atoms with Crippen molar-refractivity contribution in [2.24, 2.45) is 5.92 Å². The van der Waals surface area contributed by atoms with E-state index >= 15 is 0 Å². The summed E-state index contributed by atoms with van der Waals surface area (Å²) in [5.41, 5.74) is -0.115. The minimum Gasteiger partial charge on any atom is -0.375 e. The van der Waals surface area contributed by atoms with Gasteiger partial charge >= 0.3 is 0 Å². The molecule has 0 bridgehead atoms. The highest BCUT2D eigenvalue weighted by Gasteiger charge is 2.54. The molecule has 0 saturated carbocycles. The molecule has 24 heavy (non-hydrogen) atoms. The van der Waals surface area contributed by atoms with E-state index in [1.54, 1.807) is 48.2 Å². The van der Waals surface area contributed by atoms with Crippen LogP contribution in [0, 0.1) is 5.92 Å². The molecule has 4 heteroatoms. The van der Waals surface area contributed by atoms with E-state index in [0.29, 0.717) is 23.4 Å². The topological polar surface area (TPSA) is 57.6 Å². The summed E-state index contributed by atoms with van der Waals surface area (Å²) >= 11 is 0. The zero-order valence-corrected chi connectivity index (χ0v) is 13.9. The normalized spacial score (nSPS) is 20.8. The molecule has 0 saturated heterocycles. The number of nitrogens with zero attached hydrogens (tertiary/aromatic N) is 1. The molecule has 2 atom stereocenters. The lowest BCUT2D eigenvalue weighted by Crippen LogP contribution is -2.47. The molecule has 1 N–H and O–H groups in total. The van der Waals surface area contributed by atoms with Crippen molar-refractivity contribution < 1.29 is 14.7 Å². The number of carbonyl (C=O) groups is 2. The second kappa shape index (κ2) is 6.21. The fourth-order valence-corrected chi connectivity index (χ4v) is 3.37. The average molecular weight is 323 g/mol. The van der Waals surface area contributed by atoms with Crippen LogP contribution in [0.15, 0.2) is 54.6 Å². The summed E-state index contributed by atoms with van der Waals surface area (Å²) in [5.74, 6) is -1.52. The minimum absolute atomic E-state index is 0.236. The molecule has 124 valence electrons. The predicted molar refractivity (Wildman–Crippen MR) is 92.9 cm³/mol. The number of benzene rings is 2. The van der Waals surface area contributed by atoms with E-state index in [0.717, 1.165) is 6.42 Å². The van der Waals surface area contributed by atoms with Crippen LogP contribution >= 0.6 is 0 Å². The Labute approximate surface area is 141 Å². The van der Waals surface area contributed by atoms with Crippen molar-refractivity contribution in [3.05, 3.63) is 65.7 Å². The number of para-hydroxylation sites is 1. The average Bonchev–Trinajstić information content (AvgIpc) is 2.85. The van der Waals surface area contributed by atoms with E-state index in [2.05, 4.69) is 0 Å². The number of hydrogen-bond acceptors (Lipinski definition) is 3. The highest BCUT2D eigenvalue weighted by Crippen LogP contribution is 2.45. The van der Waals surface area contributed by atoms with Crippen LogP contribution in [0.25, 0.3) is 0 Å². The van der Waals surface area contributed by atoms with Gasteiger partial charge in [0.25, 0.3) is 5.91 Å². The molecule has 4 nitrogen and oxygen atoms in total. The number of carbonyl (C=O) groups excluding carboxylic acids is 2. The second-order valence-corrected chi connectivity index (χ2v) is 6.19. The highest BCUT2D eigenvalue weighted by atomic mass is 16.3. The first-order chi connectivity index (χ1) is 11.5. The van der Waals surface area contributed by atoms with Gasteiger partial charge in [-0.3, -0.25) is 9.59 Å². The van der Waals surface area contributed by atoms with Gasteiger partial charge in [-0.05, 0) is 12.5 Å². The minimum atomic E-state index is -1.82. The first-order valence-electron chi connectivity index (χ1n) is 8.25. The smallest absolute Gasteiger partial charge is 0.264 e. The summed E-state index contributed by atoms with van der Waals surface area (Å²) in [7, 11) is 0. The van der Waals surface area contributed by atoms with Crippen LogP contribution in [-0.2, 0) is 10.4 Å². The van der Waals surface area contributed by atoms with Crippen LogP contribution in [0.2, 0.25) is 0 Å². The van der Waals surface area contributed by atoms with Crippen molar-refractivity contribution in [2.75, 3.05) is 11.4 Å². The van der Waals surface area contributed by atoms with Gasteiger partial charge in [0.2, 0.25) is 0 Å². The Morgan fingerprint density at radius 2 is 1.75 bits per heavy atom. The molecule has 1 aliphatic heterocycles. The van der Waals surface area contributed by atoms with Gasteiger partial charge in [-0.1, -0.05) is 62.4 Å². The third-order valence-corrected chi connectivity index (χ3v) is 4.70. The summed E-state index contributed by atoms with van der Waals surface area (Å²) in [6, 6.07) is 16.0. The summed E-state index contributed by atoms with van der Waals surface area (Å²) in [5, 5.41) is 11.3. The lowest BCUT2D eigenvalue weighted by Gasteiger charge is -2.28. The number of ketones is 1. The molecule has 2 unspecified atom stereocenters. The molecule has 1 aliphatic rings. The third-order valence-electron chi connectivity index (χ3n) is 4.70. The number of Topliss-reactive ketones (excluding diaryl/α,β-unsaturated/α-hetero) is 1. The number of anilines is 1. The van der Waals surface area contributed by atoms with Gasteiger partial charge in [0.1, 0.15) is 0 Å². The van der Waals surface area contributed by atoms with E-state index in [4.69, 9.17) is 0 Å². The molecule has 2 aromatic rings. The van der Waals surface area contributed by atoms with E-state index in [1.807, 2.05) is 25.1 Å². The van der Waals surface area contributed by atoms with Crippen LogP contribution in [0.4, 0.5) is 5.69 Å². The first-order valence-corrected chi connectivity index (χ1v) is 8.25. The fraction of sp³-hybridized carbons (Fsp3) is 0.300. The van der Waals surface area contributed by atoms with Crippen molar-refractivity contribution in [1.82, 2.24) is 0 Å². The Kier molecular flexibility index (Phi) is 4.24. The zero-order valence-electron chi connectivity index (χ0n) is 13.9. The standard InChI is InChI=1S/C20H21NO3/c1-3-13-21-17-12-8-7-11-16(17)20(24,19(21)23)14(2)18(22)15-9-5-4-6-10-15/h4-12,14,24H,3,13H2,1-2H3. The molecule has 0 fully saturated rings. The van der Waals surface area contributed by atoms with Crippen molar-refractivity contribution in [2.45, 2.75) is 25.9 Å². The summed E-state index contributed by atoms with van der Waals surface area (Å²) in [4.78, 5) is 27.4. The van der Waals surface area contributed by atoms with Crippen LogP contribution in [0.5, 0.6) is 0 Å². The quantitative estimate of drug-likeness (QED) is 0.860. The monoisotopic (exact) mass is 323 g/mol. The Balaban J connectivity index is 2.05. The summed E-state index contributed by atoms with van der Waals surface area (Å²) in [6.07, 6.45) is 0.775. The van der Waals surface area contributed by atoms with Crippen LogP contribution in [0.3, 0.4) is 0 Å². The lowest BCUT2D eigenvalue weighted by molar-refractivity contribution is -0.139. The first kappa shape index (κ1) is 16.4. The van der Waals surface area contributed by atoms with Crippen molar-refractivity contribution in [1.29, 1.82) is 0 Å². The number of aliphatic hydroxyl groups is 1. The van der Waals surface area contributed by atoms with E-state index in [-0.39, 0.29) is 5.78 Å². The fourth-order valence-electron chi connectivity index (χ4n) is 3.37. The SMILES string of the molecule is CCCN1C(=O)C(O)(C(C)C(=O)c2ccccc2)c2ccccc21. The molecule has 0 spiro atoms. The predicted octanol–water partition coefficient (Wildman–Crippen LogP) is 3.15. The maximum absolute atomic E-state index is 13.0. The maximum Gasteiger partial charge on any atom is 0.264 e. The van der Waals surface area contributed by atoms with Crippen molar-refractivity contribution in [3.63, 3.8) is 0 Å². The molecule has 2 aromatic carbocycles. The Morgan fingerprint density at radius 3 is 2.42 bits per heavy atom. The summed E-state index contributed by atoms with van der Waals surface area (Å²) in [6.45, 7) is 4.12. The van der Waals surface area contributed by atoms with Gasteiger partial charge in [0.05, 0.1) is 11.6 Å². The van der Waals surface area contributed by atoms with Crippen LogP contribution in [-0.4, -0.2) is 23.3 Å². The summed E-state index contributed by atoms with van der Waals surface area (Å²) < 4.78 is 0. The van der Waals surface area contributed by atoms with E-state index in [9.17, 15) is 14.7 Å². The Bertz CT molecular complexity index is 771. The molecule has 1 amide bonds. The molecule has 3 rings (SSSR count). The zero-order chi connectivity index (χ0) is 17.3. The van der Waals surface area contributed by atoms with Crippen molar-refractivity contribution >= 4 is 17.4 Å². The molecule has 0 radical (unpaired) electrons. The van der Waals surface area contributed by atoms with Crippen LogP contribution < -0.4 is 4.90 Å². The third kappa shape index (κ3) is 2.34. The molecule has 1 heterocycles. The van der Waals surface area contributed by atoms with Gasteiger partial charge in [0, 0.05) is 17.7 Å². The second-order valence-electron chi connectivity index (χ2n) is 6.19. The van der Waals surface area contributed by atoms with E-state index < -0.39 is 17.4 Å². The van der Waals surface area contributed by atoms with Gasteiger partial charge in [0.15, 0.2) is 11.4 Å². The lowest BCUT2D eigenvalue weighted by atomic mass is 9.79. The van der Waals surface area contributed by atoms with Gasteiger partial charge in [-0.2, -0.15) is 0 Å². The number of amides is 1. The number of fused-ring (bicyclic) bond motifs is 1. The van der Waals surface area contributed by atoms with Gasteiger partial charge in [-0.25, -0.2) is 0 Å². The highest BCUT2D eigenvalue weighted by molar-refractivity contribution is 6.11. The molecular formula is C20H21NO3. The van der Waals surface area contributed by atoms with E-state index in [1.165, 1.54) is 0 Å². The molecular weight excluding hydrogens is 302 g/mol. The number of rotatable bonds is 5. The van der Waals surface area contributed by atoms with Gasteiger partial charge < -0.3 is 10.0 Å². The largest absolute Gasteiger partial charge is 0.375 e. The Morgan fingerprint density at radius 1 is 1.12 bits per heavy atom. The molecule has 0 aromatic heterocycles.